The second-order valence-corrected chi connectivity index (χ2v) is 3.15. The van der Waals surface area contributed by atoms with Crippen LogP contribution in [0, 0.1) is 5.92 Å². The zero-order chi connectivity index (χ0) is 8.81. The number of primary amides is 1. The molecule has 2 amide bonds. The van der Waals surface area contributed by atoms with Gasteiger partial charge in [0.2, 0.25) is 0 Å². The van der Waals surface area contributed by atoms with E-state index in [2.05, 4.69) is 10.5 Å². The minimum Gasteiger partial charge on any atom is -0.350 e. The maximum Gasteiger partial charge on any atom is 0.332 e. The normalized spacial score (nSPS) is 19.7. The minimum absolute atomic E-state index is 0.533. The van der Waals surface area contributed by atoms with Crippen molar-refractivity contribution in [1.29, 1.82) is 0 Å². The zero-order valence-electron chi connectivity index (χ0n) is 7.12. The number of carbonyl (C=O) groups excluding carboxylic acids is 1. The molecule has 3 N–H and O–H groups in total. The van der Waals surface area contributed by atoms with Gasteiger partial charge in [0.05, 0.1) is 0 Å². The lowest BCUT2D eigenvalue weighted by molar-refractivity contribution is 0.249. The third kappa shape index (κ3) is 3.37. The van der Waals surface area contributed by atoms with Gasteiger partial charge in [-0.1, -0.05) is 19.3 Å². The molecule has 0 bridgehead atoms. The van der Waals surface area contributed by atoms with Crippen LogP contribution in [0.4, 0.5) is 4.79 Å². The van der Waals surface area contributed by atoms with Crippen LogP contribution in [0.5, 0.6) is 0 Å². The Balaban J connectivity index is 2.19. The molecule has 0 aliphatic heterocycles. The molecule has 4 nitrogen and oxygen atoms in total. The molecular weight excluding hydrogens is 154 g/mol. The molecule has 1 aliphatic rings. The van der Waals surface area contributed by atoms with Gasteiger partial charge in [-0.25, -0.2) is 10.2 Å². The van der Waals surface area contributed by atoms with Gasteiger partial charge in [-0.05, 0) is 18.8 Å². The molecule has 0 saturated heterocycles. The third-order valence-corrected chi connectivity index (χ3v) is 2.11. The van der Waals surface area contributed by atoms with E-state index in [0.29, 0.717) is 5.92 Å². The van der Waals surface area contributed by atoms with Gasteiger partial charge in [0.25, 0.3) is 0 Å². The van der Waals surface area contributed by atoms with Crippen molar-refractivity contribution in [3.05, 3.63) is 0 Å². The van der Waals surface area contributed by atoms with Gasteiger partial charge in [0.15, 0.2) is 0 Å². The van der Waals surface area contributed by atoms with Crippen molar-refractivity contribution >= 4 is 12.2 Å². The van der Waals surface area contributed by atoms with E-state index < -0.39 is 6.03 Å². The van der Waals surface area contributed by atoms with Crippen LogP contribution >= 0.6 is 0 Å². The summed E-state index contributed by atoms with van der Waals surface area (Å²) in [4.78, 5) is 10.2. The maximum atomic E-state index is 10.2. The first-order valence-electron chi connectivity index (χ1n) is 4.37. The molecule has 0 aromatic carbocycles. The summed E-state index contributed by atoms with van der Waals surface area (Å²) in [6, 6.07) is -0.595. The molecule has 0 spiro atoms. The minimum atomic E-state index is -0.595. The predicted molar refractivity (Wildman–Crippen MR) is 47.8 cm³/mol. The van der Waals surface area contributed by atoms with Crippen LogP contribution in [0.1, 0.15) is 32.1 Å². The van der Waals surface area contributed by atoms with Gasteiger partial charge in [-0.3, -0.25) is 0 Å². The first-order chi connectivity index (χ1) is 5.79. The maximum absolute atomic E-state index is 10.2. The van der Waals surface area contributed by atoms with Crippen LogP contribution in [0.15, 0.2) is 5.10 Å². The smallest absolute Gasteiger partial charge is 0.332 e. The number of rotatable bonds is 2. The van der Waals surface area contributed by atoms with Crippen LogP contribution in [-0.2, 0) is 0 Å². The second-order valence-electron chi connectivity index (χ2n) is 3.15. The largest absolute Gasteiger partial charge is 0.350 e. The Morgan fingerprint density at radius 3 is 2.67 bits per heavy atom. The molecule has 0 aromatic heterocycles. The van der Waals surface area contributed by atoms with Crippen molar-refractivity contribution in [3.63, 3.8) is 0 Å². The van der Waals surface area contributed by atoms with Crippen molar-refractivity contribution in [1.82, 2.24) is 5.43 Å². The lowest BCUT2D eigenvalue weighted by atomic mass is 9.90. The van der Waals surface area contributed by atoms with Gasteiger partial charge in [-0.15, -0.1) is 0 Å². The molecule has 68 valence electrons. The fourth-order valence-corrected chi connectivity index (χ4v) is 1.49. The summed E-state index contributed by atoms with van der Waals surface area (Å²) in [7, 11) is 0. The summed E-state index contributed by atoms with van der Waals surface area (Å²) in [6.07, 6.45) is 8.03. The summed E-state index contributed by atoms with van der Waals surface area (Å²) in [6.45, 7) is 0. The van der Waals surface area contributed by atoms with Crippen molar-refractivity contribution < 1.29 is 4.79 Å². The van der Waals surface area contributed by atoms with Crippen molar-refractivity contribution in [2.45, 2.75) is 32.1 Å². The van der Waals surface area contributed by atoms with E-state index in [0.717, 1.165) is 0 Å². The highest BCUT2D eigenvalue weighted by atomic mass is 16.2. The molecule has 0 radical (unpaired) electrons. The number of nitrogens with one attached hydrogen (secondary N) is 1. The van der Waals surface area contributed by atoms with Crippen LogP contribution in [0.3, 0.4) is 0 Å². The van der Waals surface area contributed by atoms with E-state index >= 15 is 0 Å². The molecule has 0 heterocycles. The van der Waals surface area contributed by atoms with Gasteiger partial charge in [0.1, 0.15) is 0 Å². The predicted octanol–water partition coefficient (Wildman–Crippen LogP) is 1.22. The average molecular weight is 169 g/mol. The topological polar surface area (TPSA) is 67.5 Å². The molecule has 1 fully saturated rings. The molecule has 1 rings (SSSR count). The molecule has 4 heteroatoms. The quantitative estimate of drug-likeness (QED) is 0.473. The van der Waals surface area contributed by atoms with E-state index in [-0.39, 0.29) is 0 Å². The Kier molecular flexibility index (Phi) is 3.57. The van der Waals surface area contributed by atoms with Crippen LogP contribution in [-0.4, -0.2) is 12.2 Å². The van der Waals surface area contributed by atoms with Gasteiger partial charge < -0.3 is 5.73 Å². The molecule has 12 heavy (non-hydrogen) atoms. The van der Waals surface area contributed by atoms with Crippen molar-refractivity contribution in [2.24, 2.45) is 16.8 Å². The Labute approximate surface area is 72.2 Å². The monoisotopic (exact) mass is 169 g/mol. The standard InChI is InChI=1S/C8H15N3O/c9-8(12)11-10-6-7-4-2-1-3-5-7/h6-7H,1-5H2,(H3,9,11,12)/b10-6+. The van der Waals surface area contributed by atoms with Gasteiger partial charge >= 0.3 is 6.03 Å². The highest BCUT2D eigenvalue weighted by Gasteiger charge is 2.10. The van der Waals surface area contributed by atoms with E-state index in [4.69, 9.17) is 5.73 Å². The fraction of sp³-hybridized carbons (Fsp3) is 0.750. The third-order valence-electron chi connectivity index (χ3n) is 2.11. The van der Waals surface area contributed by atoms with Crippen molar-refractivity contribution in [3.8, 4) is 0 Å². The number of carbonyl (C=O) groups is 1. The molecule has 0 aromatic rings. The van der Waals surface area contributed by atoms with E-state index in [1.54, 1.807) is 6.21 Å². The SMILES string of the molecule is NC(=O)N/N=C/C1CCCCC1. The molecule has 0 unspecified atom stereocenters. The summed E-state index contributed by atoms with van der Waals surface area (Å²) < 4.78 is 0. The number of nitrogens with two attached hydrogens (primary N) is 1. The highest BCUT2D eigenvalue weighted by Crippen LogP contribution is 2.21. The Hall–Kier alpha value is -1.06. The Bertz CT molecular complexity index is 173. The zero-order valence-corrected chi connectivity index (χ0v) is 7.12. The van der Waals surface area contributed by atoms with E-state index in [9.17, 15) is 4.79 Å². The summed E-state index contributed by atoms with van der Waals surface area (Å²) in [5.41, 5.74) is 7.05. The fourth-order valence-electron chi connectivity index (χ4n) is 1.49. The van der Waals surface area contributed by atoms with Crippen LogP contribution < -0.4 is 11.2 Å². The Morgan fingerprint density at radius 2 is 2.08 bits per heavy atom. The molecular formula is C8H15N3O. The lowest BCUT2D eigenvalue weighted by Crippen LogP contribution is -2.25. The van der Waals surface area contributed by atoms with Gasteiger partial charge in [-0.2, -0.15) is 5.10 Å². The van der Waals surface area contributed by atoms with E-state index in [1.165, 1.54) is 32.1 Å². The first-order valence-corrected chi connectivity index (χ1v) is 4.37. The summed E-state index contributed by atoms with van der Waals surface area (Å²) in [5, 5.41) is 3.74. The van der Waals surface area contributed by atoms with Crippen molar-refractivity contribution in [2.75, 3.05) is 0 Å². The number of urea groups is 1. The number of amides is 2. The van der Waals surface area contributed by atoms with Crippen LogP contribution in [0.25, 0.3) is 0 Å². The average Bonchev–Trinajstić information content (AvgIpc) is 2.05. The number of nitrogens with zero attached hydrogens (tertiary/aromatic N) is 1. The second kappa shape index (κ2) is 4.74. The molecule has 1 aliphatic carbocycles. The number of hydrazone groups is 1. The van der Waals surface area contributed by atoms with E-state index in [1.807, 2.05) is 0 Å². The summed E-state index contributed by atoms with van der Waals surface area (Å²) in [5.74, 6) is 0.533. The lowest BCUT2D eigenvalue weighted by Gasteiger charge is -2.16. The molecule has 0 atom stereocenters. The van der Waals surface area contributed by atoms with Gasteiger partial charge in [0, 0.05) is 6.21 Å². The Morgan fingerprint density at radius 1 is 1.42 bits per heavy atom. The number of hydrogen-bond acceptors (Lipinski definition) is 2. The summed E-state index contributed by atoms with van der Waals surface area (Å²) >= 11 is 0. The highest BCUT2D eigenvalue weighted by molar-refractivity contribution is 5.73. The first kappa shape index (κ1) is 9.03. The van der Waals surface area contributed by atoms with Crippen LogP contribution in [0.2, 0.25) is 0 Å². The molecule has 1 saturated carbocycles. The number of hydrogen-bond donors (Lipinski definition) is 2.